The normalized spacial score (nSPS) is 18.8. The Balaban J connectivity index is 1.18. The molecule has 0 bridgehead atoms. The first kappa shape index (κ1) is 21.0. The number of imide groups is 1. The van der Waals surface area contributed by atoms with Crippen molar-refractivity contribution < 1.29 is 18.8 Å². The fraction of sp³-hybridized carbons (Fsp3) is 0.292. The van der Waals surface area contributed by atoms with Crippen LogP contribution >= 0.6 is 0 Å². The van der Waals surface area contributed by atoms with E-state index in [0.29, 0.717) is 32.6 Å². The number of para-hydroxylation sites is 1. The molecule has 1 unspecified atom stereocenters. The van der Waals surface area contributed by atoms with Gasteiger partial charge in [-0.15, -0.1) is 0 Å². The first-order valence-corrected chi connectivity index (χ1v) is 10.9. The molecule has 0 radical (unpaired) electrons. The molecule has 4 amide bonds. The van der Waals surface area contributed by atoms with E-state index >= 15 is 0 Å². The number of urea groups is 1. The number of aromatic amines is 1. The van der Waals surface area contributed by atoms with Crippen molar-refractivity contribution in [2.75, 3.05) is 37.6 Å². The highest BCUT2D eigenvalue weighted by Gasteiger charge is 2.40. The summed E-state index contributed by atoms with van der Waals surface area (Å²) in [6, 6.07) is 12.8. The lowest BCUT2D eigenvalue weighted by atomic mass is 10.1. The minimum Gasteiger partial charge on any atom is -0.368 e. The molecule has 0 saturated carbocycles. The number of piperazine rings is 1. The Bertz CT molecular complexity index is 1200. The predicted octanol–water partition coefficient (Wildman–Crippen LogP) is 2.12. The number of fused-ring (bicyclic) bond motifs is 1. The van der Waals surface area contributed by atoms with Gasteiger partial charge in [-0.25, -0.2) is 9.18 Å². The van der Waals surface area contributed by atoms with E-state index in [9.17, 15) is 18.8 Å². The highest BCUT2D eigenvalue weighted by atomic mass is 19.1. The van der Waals surface area contributed by atoms with Crippen molar-refractivity contribution in [2.45, 2.75) is 12.5 Å². The minimum atomic E-state index is -0.695. The molecule has 5 rings (SSSR count). The SMILES string of the molecule is O=C(CN1C(=O)NC(Cc2c[nH]c3ccccc23)C1=O)N1CCN(c2ccc(F)cc2)CC1. The number of amides is 4. The van der Waals surface area contributed by atoms with Gasteiger partial charge in [0.05, 0.1) is 0 Å². The predicted molar refractivity (Wildman–Crippen MR) is 121 cm³/mol. The van der Waals surface area contributed by atoms with Crippen molar-refractivity contribution in [3.05, 3.63) is 66.1 Å². The number of hydrogen-bond acceptors (Lipinski definition) is 4. The van der Waals surface area contributed by atoms with Gasteiger partial charge in [0.1, 0.15) is 18.4 Å². The van der Waals surface area contributed by atoms with Crippen LogP contribution in [0.25, 0.3) is 10.9 Å². The van der Waals surface area contributed by atoms with Crippen LogP contribution in [0.5, 0.6) is 0 Å². The van der Waals surface area contributed by atoms with Crippen LogP contribution in [0.15, 0.2) is 54.7 Å². The summed E-state index contributed by atoms with van der Waals surface area (Å²) in [5, 5.41) is 3.72. The zero-order valence-electron chi connectivity index (χ0n) is 18.0. The summed E-state index contributed by atoms with van der Waals surface area (Å²) in [6.07, 6.45) is 2.20. The Kier molecular flexibility index (Phi) is 5.45. The molecule has 2 fully saturated rings. The number of hydrogen-bond donors (Lipinski definition) is 2. The van der Waals surface area contributed by atoms with E-state index in [0.717, 1.165) is 27.1 Å². The van der Waals surface area contributed by atoms with Crippen LogP contribution in [0.1, 0.15) is 5.56 Å². The Labute approximate surface area is 189 Å². The Morgan fingerprint density at radius 2 is 1.73 bits per heavy atom. The van der Waals surface area contributed by atoms with Gasteiger partial charge in [0.15, 0.2) is 0 Å². The van der Waals surface area contributed by atoms with Gasteiger partial charge < -0.3 is 20.1 Å². The summed E-state index contributed by atoms with van der Waals surface area (Å²) in [5.74, 6) is -0.933. The van der Waals surface area contributed by atoms with Crippen molar-refractivity contribution in [2.24, 2.45) is 0 Å². The lowest BCUT2D eigenvalue weighted by molar-refractivity contribution is -0.137. The maximum absolute atomic E-state index is 13.1. The lowest BCUT2D eigenvalue weighted by Crippen LogP contribution is -2.52. The number of carbonyl (C=O) groups excluding carboxylic acids is 3. The van der Waals surface area contributed by atoms with E-state index in [1.54, 1.807) is 17.0 Å². The number of H-pyrrole nitrogens is 1. The zero-order chi connectivity index (χ0) is 22.9. The van der Waals surface area contributed by atoms with Crippen molar-refractivity contribution in [3.8, 4) is 0 Å². The van der Waals surface area contributed by atoms with Gasteiger partial charge in [-0.1, -0.05) is 18.2 Å². The number of halogens is 1. The molecule has 0 aliphatic carbocycles. The second-order valence-corrected chi connectivity index (χ2v) is 8.33. The molecule has 33 heavy (non-hydrogen) atoms. The standard InChI is InChI=1S/C24H24FN5O3/c25-17-5-7-18(8-6-17)28-9-11-29(12-10-28)22(31)15-30-23(32)21(27-24(30)33)13-16-14-26-20-4-2-1-3-19(16)20/h1-8,14,21,26H,9-13,15H2,(H,27,33). The average Bonchev–Trinajstić information content (AvgIpc) is 3.36. The fourth-order valence-electron chi connectivity index (χ4n) is 4.49. The first-order chi connectivity index (χ1) is 16.0. The molecule has 3 aromatic rings. The van der Waals surface area contributed by atoms with Crippen molar-refractivity contribution >= 4 is 34.4 Å². The average molecular weight is 449 g/mol. The maximum atomic E-state index is 13.1. The van der Waals surface area contributed by atoms with E-state index in [1.807, 2.05) is 30.5 Å². The maximum Gasteiger partial charge on any atom is 0.325 e. The molecule has 8 nitrogen and oxygen atoms in total. The minimum absolute atomic E-state index is 0.259. The van der Waals surface area contributed by atoms with Gasteiger partial charge in [0.2, 0.25) is 5.91 Å². The van der Waals surface area contributed by atoms with E-state index < -0.39 is 12.1 Å². The van der Waals surface area contributed by atoms with Crippen LogP contribution in [0.4, 0.5) is 14.9 Å². The van der Waals surface area contributed by atoms with Gasteiger partial charge in [0, 0.05) is 55.4 Å². The van der Waals surface area contributed by atoms with E-state index in [1.165, 1.54) is 12.1 Å². The quantitative estimate of drug-likeness (QED) is 0.584. The summed E-state index contributed by atoms with van der Waals surface area (Å²) in [5.41, 5.74) is 2.81. The molecular weight excluding hydrogens is 425 g/mol. The lowest BCUT2D eigenvalue weighted by Gasteiger charge is -2.36. The van der Waals surface area contributed by atoms with E-state index in [-0.39, 0.29) is 24.2 Å². The number of benzene rings is 2. The second kappa shape index (κ2) is 8.57. The van der Waals surface area contributed by atoms with Gasteiger partial charge in [-0.05, 0) is 35.9 Å². The number of rotatable bonds is 5. The third-order valence-corrected chi connectivity index (χ3v) is 6.32. The third-order valence-electron chi connectivity index (χ3n) is 6.32. The molecule has 2 saturated heterocycles. The van der Waals surface area contributed by atoms with Crippen LogP contribution < -0.4 is 10.2 Å². The van der Waals surface area contributed by atoms with Crippen LogP contribution in [-0.4, -0.2) is 71.4 Å². The molecule has 0 spiro atoms. The van der Waals surface area contributed by atoms with Crippen molar-refractivity contribution in [3.63, 3.8) is 0 Å². The van der Waals surface area contributed by atoms with Crippen LogP contribution in [0.3, 0.4) is 0 Å². The van der Waals surface area contributed by atoms with Gasteiger partial charge in [-0.2, -0.15) is 0 Å². The smallest absolute Gasteiger partial charge is 0.325 e. The Morgan fingerprint density at radius 3 is 2.48 bits per heavy atom. The molecule has 1 atom stereocenters. The molecule has 2 aliphatic rings. The van der Waals surface area contributed by atoms with Gasteiger partial charge >= 0.3 is 6.03 Å². The third kappa shape index (κ3) is 4.13. The largest absolute Gasteiger partial charge is 0.368 e. The molecule has 2 aromatic carbocycles. The summed E-state index contributed by atoms with van der Waals surface area (Å²) in [6.45, 7) is 1.87. The van der Waals surface area contributed by atoms with E-state index in [2.05, 4.69) is 15.2 Å². The van der Waals surface area contributed by atoms with Crippen LogP contribution in [0.2, 0.25) is 0 Å². The molecular formula is C24H24FN5O3. The topological polar surface area (TPSA) is 88.8 Å². The molecule has 9 heteroatoms. The summed E-state index contributed by atoms with van der Waals surface area (Å²) in [4.78, 5) is 46.1. The molecule has 170 valence electrons. The fourth-order valence-corrected chi connectivity index (χ4v) is 4.49. The summed E-state index contributed by atoms with van der Waals surface area (Å²) in [7, 11) is 0. The highest BCUT2D eigenvalue weighted by molar-refractivity contribution is 6.06. The second-order valence-electron chi connectivity index (χ2n) is 8.33. The van der Waals surface area contributed by atoms with Crippen molar-refractivity contribution in [1.29, 1.82) is 0 Å². The van der Waals surface area contributed by atoms with Crippen LogP contribution in [-0.2, 0) is 16.0 Å². The number of aromatic nitrogens is 1. The number of nitrogens with one attached hydrogen (secondary N) is 2. The molecule has 1 aromatic heterocycles. The number of anilines is 1. The molecule has 2 aliphatic heterocycles. The summed E-state index contributed by atoms with van der Waals surface area (Å²) < 4.78 is 13.1. The monoisotopic (exact) mass is 449 g/mol. The molecule has 3 heterocycles. The Morgan fingerprint density at radius 1 is 1.00 bits per heavy atom. The first-order valence-electron chi connectivity index (χ1n) is 10.9. The molecule has 2 N–H and O–H groups in total. The van der Waals surface area contributed by atoms with Crippen LogP contribution in [0, 0.1) is 5.82 Å². The number of carbonyl (C=O) groups is 3. The van der Waals surface area contributed by atoms with E-state index in [4.69, 9.17) is 0 Å². The van der Waals surface area contributed by atoms with Gasteiger partial charge in [-0.3, -0.25) is 14.5 Å². The summed E-state index contributed by atoms with van der Waals surface area (Å²) >= 11 is 0. The Hall–Kier alpha value is -3.88. The van der Waals surface area contributed by atoms with Crippen molar-refractivity contribution in [1.82, 2.24) is 20.1 Å². The highest BCUT2D eigenvalue weighted by Crippen LogP contribution is 2.22. The number of nitrogens with zero attached hydrogens (tertiary/aromatic N) is 3. The zero-order valence-corrected chi connectivity index (χ0v) is 18.0. The van der Waals surface area contributed by atoms with Gasteiger partial charge in [0.25, 0.3) is 5.91 Å².